The van der Waals surface area contributed by atoms with Gasteiger partial charge in [0.1, 0.15) is 5.82 Å². The van der Waals surface area contributed by atoms with Crippen LogP contribution in [-0.4, -0.2) is 52.1 Å². The number of hydrogen-bond donors (Lipinski definition) is 0. The first-order chi connectivity index (χ1) is 11.7. The van der Waals surface area contributed by atoms with Crippen LogP contribution in [0.25, 0.3) is 11.4 Å². The van der Waals surface area contributed by atoms with Crippen molar-refractivity contribution in [1.82, 2.24) is 20.0 Å². The van der Waals surface area contributed by atoms with Crippen molar-refractivity contribution in [3.05, 3.63) is 36.4 Å². The molecular formula is C17H21N5O2. The molecule has 1 fully saturated rings. The Bertz CT molecular complexity index is 715. The zero-order chi connectivity index (χ0) is 16.9. The Hall–Kier alpha value is -2.70. The molecule has 0 N–H and O–H groups in total. The largest absolute Gasteiger partial charge is 0.353 e. The van der Waals surface area contributed by atoms with Crippen LogP contribution in [0.2, 0.25) is 0 Å². The molecule has 3 heterocycles. The van der Waals surface area contributed by atoms with Crippen molar-refractivity contribution in [1.29, 1.82) is 0 Å². The van der Waals surface area contributed by atoms with E-state index in [2.05, 4.69) is 20.0 Å². The maximum Gasteiger partial charge on any atom is 0.246 e. The predicted molar refractivity (Wildman–Crippen MR) is 90.5 cm³/mol. The quantitative estimate of drug-likeness (QED) is 0.799. The number of rotatable bonds is 4. The average molecular weight is 327 g/mol. The maximum absolute atomic E-state index is 11.9. The van der Waals surface area contributed by atoms with Crippen molar-refractivity contribution in [3.8, 4) is 11.4 Å². The minimum absolute atomic E-state index is 0.0734. The Kier molecular flexibility index (Phi) is 4.88. The first-order valence-corrected chi connectivity index (χ1v) is 8.16. The number of aromatic nitrogens is 3. The molecule has 126 valence electrons. The summed E-state index contributed by atoms with van der Waals surface area (Å²) in [6, 6.07) is 3.91. The molecule has 3 rings (SSSR count). The van der Waals surface area contributed by atoms with Gasteiger partial charge in [-0.3, -0.25) is 4.79 Å². The molecule has 2 aromatic heterocycles. The lowest BCUT2D eigenvalue weighted by Crippen LogP contribution is -2.48. The Labute approximate surface area is 141 Å². The fraction of sp³-hybridized carbons (Fsp3) is 0.412. The predicted octanol–water partition coefficient (Wildman–Crippen LogP) is 1.92. The number of carbonyl (C=O) groups is 1. The standard InChI is InChI=1S/C17H21N5O2/c1-3-5-16(23)22-10-8-21(9-11-22)14-7-6-13(12-18-14)17-19-15(4-2)24-20-17/h3,5-7,12H,4,8-11H2,1-2H3/b5-3-. The van der Waals surface area contributed by atoms with Gasteiger partial charge in [-0.2, -0.15) is 4.98 Å². The summed E-state index contributed by atoms with van der Waals surface area (Å²) >= 11 is 0. The molecule has 0 aliphatic carbocycles. The number of hydrogen-bond acceptors (Lipinski definition) is 6. The van der Waals surface area contributed by atoms with Crippen LogP contribution in [0.5, 0.6) is 0 Å². The van der Waals surface area contributed by atoms with Gasteiger partial charge in [0.25, 0.3) is 0 Å². The Balaban J connectivity index is 1.63. The van der Waals surface area contributed by atoms with Crippen LogP contribution in [0.15, 0.2) is 35.0 Å². The first-order valence-electron chi connectivity index (χ1n) is 8.16. The normalized spacial score (nSPS) is 15.2. The molecule has 1 aliphatic heterocycles. The summed E-state index contributed by atoms with van der Waals surface area (Å²) in [6.45, 7) is 6.79. The van der Waals surface area contributed by atoms with E-state index in [0.29, 0.717) is 31.2 Å². The summed E-state index contributed by atoms with van der Waals surface area (Å²) in [4.78, 5) is 24.7. The van der Waals surface area contributed by atoms with Crippen LogP contribution in [0, 0.1) is 0 Å². The lowest BCUT2D eigenvalue weighted by Gasteiger charge is -2.35. The van der Waals surface area contributed by atoms with E-state index in [4.69, 9.17) is 4.52 Å². The minimum Gasteiger partial charge on any atom is -0.353 e. The van der Waals surface area contributed by atoms with E-state index in [1.54, 1.807) is 18.3 Å². The SMILES string of the molecule is C/C=C\C(=O)N1CCN(c2ccc(-c3noc(CC)n3)cn2)CC1. The van der Waals surface area contributed by atoms with Crippen LogP contribution in [0.3, 0.4) is 0 Å². The van der Waals surface area contributed by atoms with Crippen LogP contribution in [-0.2, 0) is 11.2 Å². The van der Waals surface area contributed by atoms with Gasteiger partial charge in [0, 0.05) is 44.4 Å². The van der Waals surface area contributed by atoms with Crippen LogP contribution in [0.4, 0.5) is 5.82 Å². The number of piperazine rings is 1. The molecule has 2 aromatic rings. The van der Waals surface area contributed by atoms with Gasteiger partial charge in [-0.25, -0.2) is 4.98 Å². The Morgan fingerprint density at radius 2 is 2.08 bits per heavy atom. The van der Waals surface area contributed by atoms with Crippen molar-refractivity contribution in [2.45, 2.75) is 20.3 Å². The second-order valence-corrected chi connectivity index (χ2v) is 5.58. The molecule has 1 aliphatic rings. The van der Waals surface area contributed by atoms with E-state index >= 15 is 0 Å². The summed E-state index contributed by atoms with van der Waals surface area (Å²) in [5.74, 6) is 2.16. The number of nitrogens with zero attached hydrogens (tertiary/aromatic N) is 5. The smallest absolute Gasteiger partial charge is 0.246 e. The van der Waals surface area contributed by atoms with Crippen molar-refractivity contribution in [2.24, 2.45) is 0 Å². The maximum atomic E-state index is 11.9. The zero-order valence-corrected chi connectivity index (χ0v) is 14.0. The molecule has 7 nitrogen and oxygen atoms in total. The second-order valence-electron chi connectivity index (χ2n) is 5.58. The number of aryl methyl sites for hydroxylation is 1. The summed E-state index contributed by atoms with van der Waals surface area (Å²) in [5.41, 5.74) is 0.837. The highest BCUT2D eigenvalue weighted by Gasteiger charge is 2.20. The zero-order valence-electron chi connectivity index (χ0n) is 14.0. The van der Waals surface area contributed by atoms with Crippen molar-refractivity contribution in [2.75, 3.05) is 31.1 Å². The van der Waals surface area contributed by atoms with Crippen LogP contribution < -0.4 is 4.90 Å². The van der Waals surface area contributed by atoms with Gasteiger partial charge in [0.15, 0.2) is 0 Å². The van der Waals surface area contributed by atoms with E-state index in [0.717, 1.165) is 24.5 Å². The fourth-order valence-corrected chi connectivity index (χ4v) is 2.63. The van der Waals surface area contributed by atoms with Crippen molar-refractivity contribution >= 4 is 11.7 Å². The van der Waals surface area contributed by atoms with E-state index in [9.17, 15) is 4.79 Å². The molecule has 0 radical (unpaired) electrons. The molecule has 24 heavy (non-hydrogen) atoms. The van der Waals surface area contributed by atoms with E-state index in [1.165, 1.54) is 0 Å². The minimum atomic E-state index is 0.0734. The summed E-state index contributed by atoms with van der Waals surface area (Å²) in [7, 11) is 0. The third kappa shape index (κ3) is 3.45. The molecule has 0 bridgehead atoms. The molecule has 1 amide bonds. The topological polar surface area (TPSA) is 75.4 Å². The fourth-order valence-electron chi connectivity index (χ4n) is 2.63. The van der Waals surface area contributed by atoms with Gasteiger partial charge < -0.3 is 14.3 Å². The average Bonchev–Trinajstić information content (AvgIpc) is 3.11. The van der Waals surface area contributed by atoms with E-state index < -0.39 is 0 Å². The van der Waals surface area contributed by atoms with E-state index in [1.807, 2.05) is 30.9 Å². The van der Waals surface area contributed by atoms with Crippen molar-refractivity contribution < 1.29 is 9.32 Å². The number of carbonyl (C=O) groups excluding carboxylic acids is 1. The molecule has 0 saturated carbocycles. The number of anilines is 1. The molecule has 1 saturated heterocycles. The molecule has 0 spiro atoms. The van der Waals surface area contributed by atoms with Crippen molar-refractivity contribution in [3.63, 3.8) is 0 Å². The summed E-state index contributed by atoms with van der Waals surface area (Å²) < 4.78 is 5.13. The Morgan fingerprint density at radius 1 is 1.29 bits per heavy atom. The van der Waals surface area contributed by atoms with Crippen LogP contribution in [0.1, 0.15) is 19.7 Å². The molecule has 7 heteroatoms. The highest BCUT2D eigenvalue weighted by molar-refractivity contribution is 5.87. The molecule has 0 atom stereocenters. The number of allylic oxidation sites excluding steroid dienone is 1. The third-order valence-electron chi connectivity index (χ3n) is 4.00. The lowest BCUT2D eigenvalue weighted by molar-refractivity contribution is -0.126. The number of pyridine rings is 1. The molecule has 0 unspecified atom stereocenters. The van der Waals surface area contributed by atoms with E-state index in [-0.39, 0.29) is 5.91 Å². The van der Waals surface area contributed by atoms with Gasteiger partial charge >= 0.3 is 0 Å². The molecule has 0 aromatic carbocycles. The molecular weight excluding hydrogens is 306 g/mol. The van der Waals surface area contributed by atoms with Gasteiger partial charge in [0.2, 0.25) is 17.6 Å². The third-order valence-corrected chi connectivity index (χ3v) is 4.00. The summed E-state index contributed by atoms with van der Waals surface area (Å²) in [5, 5.41) is 3.96. The highest BCUT2D eigenvalue weighted by Crippen LogP contribution is 2.19. The summed E-state index contributed by atoms with van der Waals surface area (Å²) in [6.07, 6.45) is 5.86. The Morgan fingerprint density at radius 3 is 2.67 bits per heavy atom. The highest BCUT2D eigenvalue weighted by atomic mass is 16.5. The van der Waals surface area contributed by atoms with Gasteiger partial charge in [0.05, 0.1) is 0 Å². The van der Waals surface area contributed by atoms with Crippen LogP contribution >= 0.6 is 0 Å². The first kappa shape index (κ1) is 16.2. The van der Waals surface area contributed by atoms with Gasteiger partial charge in [-0.1, -0.05) is 18.2 Å². The monoisotopic (exact) mass is 327 g/mol. The number of amides is 1. The van der Waals surface area contributed by atoms with Gasteiger partial charge in [-0.05, 0) is 25.1 Å². The lowest BCUT2D eigenvalue weighted by atomic mass is 10.2. The second kappa shape index (κ2) is 7.25. The van der Waals surface area contributed by atoms with Gasteiger partial charge in [-0.15, -0.1) is 0 Å².